The summed E-state index contributed by atoms with van der Waals surface area (Å²) in [6, 6.07) is 2.88. The van der Waals surface area contributed by atoms with Gasteiger partial charge in [-0.25, -0.2) is 9.97 Å². The van der Waals surface area contributed by atoms with Gasteiger partial charge in [-0.2, -0.15) is 0 Å². The number of rotatable bonds is 9. The van der Waals surface area contributed by atoms with Crippen LogP contribution in [0.4, 0.5) is 11.5 Å². The first-order valence-electron chi connectivity index (χ1n) is 7.22. The van der Waals surface area contributed by atoms with E-state index in [0.717, 1.165) is 13.0 Å². The van der Waals surface area contributed by atoms with E-state index in [1.165, 1.54) is 18.3 Å². The summed E-state index contributed by atoms with van der Waals surface area (Å²) < 4.78 is 1.95. The van der Waals surface area contributed by atoms with E-state index in [1.54, 1.807) is 12.5 Å². The fourth-order valence-electron chi connectivity index (χ4n) is 1.90. The van der Waals surface area contributed by atoms with Crippen LogP contribution in [-0.2, 0) is 11.3 Å². The largest absolute Gasteiger partial charge is 0.370 e. The minimum absolute atomic E-state index is 0.0509. The number of carbonyl (C=O) groups excluding carboxylic acids is 1. The molecule has 9 heteroatoms. The van der Waals surface area contributed by atoms with Crippen molar-refractivity contribution in [3.63, 3.8) is 0 Å². The van der Waals surface area contributed by atoms with Gasteiger partial charge in [0, 0.05) is 44.5 Å². The van der Waals surface area contributed by atoms with Gasteiger partial charge in [-0.05, 0) is 12.5 Å². The second kappa shape index (κ2) is 8.47. The first-order valence-corrected chi connectivity index (χ1v) is 7.22. The molecule has 2 aromatic heterocycles. The third kappa shape index (κ3) is 5.73. The van der Waals surface area contributed by atoms with Crippen LogP contribution in [0.15, 0.2) is 37.1 Å². The molecule has 0 aliphatic rings. The van der Waals surface area contributed by atoms with Gasteiger partial charge < -0.3 is 15.2 Å². The molecule has 0 bridgehead atoms. The predicted octanol–water partition coefficient (Wildman–Crippen LogP) is 1.19. The lowest BCUT2D eigenvalue weighted by Crippen LogP contribution is -2.27. The lowest BCUT2D eigenvalue weighted by Gasteiger charge is -2.07. The van der Waals surface area contributed by atoms with Crippen LogP contribution in [0.5, 0.6) is 0 Å². The topological polar surface area (TPSA) is 115 Å². The van der Waals surface area contributed by atoms with Crippen LogP contribution in [0.1, 0.15) is 12.8 Å². The summed E-state index contributed by atoms with van der Waals surface area (Å²) in [6.07, 6.45) is 7.66. The summed E-state index contributed by atoms with van der Waals surface area (Å²) in [5.41, 5.74) is -0.0637. The Morgan fingerprint density at radius 2 is 2.22 bits per heavy atom. The Morgan fingerprint density at radius 1 is 1.35 bits per heavy atom. The second-order valence-corrected chi connectivity index (χ2v) is 4.84. The molecule has 0 saturated carbocycles. The lowest BCUT2D eigenvalue weighted by atomic mass is 10.3. The maximum absolute atomic E-state index is 11.7. The first-order chi connectivity index (χ1) is 11.1. The zero-order valence-electron chi connectivity index (χ0n) is 12.5. The molecule has 0 unspecified atom stereocenters. The number of imidazole rings is 1. The highest BCUT2D eigenvalue weighted by Gasteiger charge is 2.05. The van der Waals surface area contributed by atoms with Crippen LogP contribution in [0, 0.1) is 10.1 Å². The number of anilines is 1. The monoisotopic (exact) mass is 318 g/mol. The quantitative estimate of drug-likeness (QED) is 0.408. The molecule has 122 valence electrons. The Balaban J connectivity index is 1.58. The highest BCUT2D eigenvalue weighted by atomic mass is 16.6. The summed E-state index contributed by atoms with van der Waals surface area (Å²) in [6.45, 7) is 1.83. The number of nitro groups is 1. The first kappa shape index (κ1) is 16.4. The molecule has 0 aromatic carbocycles. The van der Waals surface area contributed by atoms with Gasteiger partial charge in [0.15, 0.2) is 0 Å². The van der Waals surface area contributed by atoms with Crippen LogP contribution in [0.25, 0.3) is 0 Å². The van der Waals surface area contributed by atoms with E-state index >= 15 is 0 Å². The number of pyridine rings is 1. The Kier molecular flexibility index (Phi) is 6.04. The van der Waals surface area contributed by atoms with E-state index in [1.807, 2.05) is 10.8 Å². The fourth-order valence-corrected chi connectivity index (χ4v) is 1.90. The number of amides is 1. The number of hydrogen-bond acceptors (Lipinski definition) is 6. The number of nitrogens with zero attached hydrogens (tertiary/aromatic N) is 4. The van der Waals surface area contributed by atoms with Gasteiger partial charge in [0.25, 0.3) is 5.69 Å². The van der Waals surface area contributed by atoms with E-state index in [0.29, 0.717) is 25.3 Å². The SMILES string of the molecule is O=C(CCNc1ccc([N+](=O)[O-])cn1)NCCCn1ccnc1. The maximum Gasteiger partial charge on any atom is 0.287 e. The highest BCUT2D eigenvalue weighted by molar-refractivity contribution is 5.76. The fraction of sp³-hybridized carbons (Fsp3) is 0.357. The van der Waals surface area contributed by atoms with Crippen molar-refractivity contribution in [1.82, 2.24) is 19.9 Å². The molecule has 0 fully saturated rings. The molecule has 0 aliphatic heterocycles. The summed E-state index contributed by atoms with van der Waals surface area (Å²) in [5, 5.41) is 16.3. The average molecular weight is 318 g/mol. The molecule has 0 spiro atoms. The molecule has 0 radical (unpaired) electrons. The third-order valence-electron chi connectivity index (χ3n) is 3.09. The van der Waals surface area contributed by atoms with Gasteiger partial charge in [-0.1, -0.05) is 0 Å². The van der Waals surface area contributed by atoms with E-state index in [-0.39, 0.29) is 11.6 Å². The van der Waals surface area contributed by atoms with Crippen molar-refractivity contribution < 1.29 is 9.72 Å². The summed E-state index contributed by atoms with van der Waals surface area (Å²) in [4.78, 5) is 29.5. The molecular formula is C14H18N6O3. The number of hydrogen-bond donors (Lipinski definition) is 2. The molecule has 2 N–H and O–H groups in total. The molecular weight excluding hydrogens is 300 g/mol. The van der Waals surface area contributed by atoms with Crippen molar-refractivity contribution in [3.05, 3.63) is 47.2 Å². The molecule has 0 aliphatic carbocycles. The van der Waals surface area contributed by atoms with E-state index in [2.05, 4.69) is 20.6 Å². The van der Waals surface area contributed by atoms with Crippen molar-refractivity contribution in [3.8, 4) is 0 Å². The lowest BCUT2D eigenvalue weighted by molar-refractivity contribution is -0.385. The molecule has 1 amide bonds. The molecule has 2 aromatic rings. The standard InChI is InChI=1S/C14H18N6O3/c21-14(17-5-1-8-19-9-7-15-11-19)4-6-16-13-3-2-12(10-18-13)20(22)23/h2-3,7,9-11H,1,4-6,8H2,(H,16,18)(H,17,21). The number of nitrogens with one attached hydrogen (secondary N) is 2. The number of aromatic nitrogens is 3. The van der Waals surface area contributed by atoms with Crippen LogP contribution in [-0.4, -0.2) is 38.5 Å². The third-order valence-corrected chi connectivity index (χ3v) is 3.09. The van der Waals surface area contributed by atoms with Crippen molar-refractivity contribution in [2.45, 2.75) is 19.4 Å². The number of carbonyl (C=O) groups is 1. The van der Waals surface area contributed by atoms with Gasteiger partial charge in [-0.15, -0.1) is 0 Å². The Hall–Kier alpha value is -2.97. The summed E-state index contributed by atoms with van der Waals surface area (Å²) in [7, 11) is 0. The zero-order chi connectivity index (χ0) is 16.5. The Bertz CT molecular complexity index is 626. The van der Waals surface area contributed by atoms with Crippen LogP contribution < -0.4 is 10.6 Å². The molecule has 23 heavy (non-hydrogen) atoms. The van der Waals surface area contributed by atoms with Crippen molar-refractivity contribution in [2.24, 2.45) is 0 Å². The normalized spacial score (nSPS) is 10.3. The molecule has 0 saturated heterocycles. The van der Waals surface area contributed by atoms with Crippen LogP contribution in [0.2, 0.25) is 0 Å². The van der Waals surface area contributed by atoms with E-state index in [9.17, 15) is 14.9 Å². The Morgan fingerprint density at radius 3 is 2.87 bits per heavy atom. The van der Waals surface area contributed by atoms with Gasteiger partial charge in [0.1, 0.15) is 12.0 Å². The molecule has 9 nitrogen and oxygen atoms in total. The average Bonchev–Trinajstić information content (AvgIpc) is 3.05. The van der Waals surface area contributed by atoms with Crippen LogP contribution in [0.3, 0.4) is 0 Å². The van der Waals surface area contributed by atoms with Crippen LogP contribution >= 0.6 is 0 Å². The van der Waals surface area contributed by atoms with Crippen molar-refractivity contribution in [2.75, 3.05) is 18.4 Å². The zero-order valence-corrected chi connectivity index (χ0v) is 12.5. The van der Waals surface area contributed by atoms with Crippen molar-refractivity contribution >= 4 is 17.4 Å². The molecule has 0 atom stereocenters. The highest BCUT2D eigenvalue weighted by Crippen LogP contribution is 2.11. The summed E-state index contributed by atoms with van der Waals surface area (Å²) >= 11 is 0. The van der Waals surface area contributed by atoms with Gasteiger partial charge in [0.2, 0.25) is 5.91 Å². The number of aryl methyl sites for hydroxylation is 1. The van der Waals surface area contributed by atoms with E-state index < -0.39 is 4.92 Å². The predicted molar refractivity (Wildman–Crippen MR) is 83.9 cm³/mol. The minimum atomic E-state index is -0.506. The molecule has 2 heterocycles. The summed E-state index contributed by atoms with van der Waals surface area (Å²) in [5.74, 6) is 0.452. The smallest absolute Gasteiger partial charge is 0.287 e. The van der Waals surface area contributed by atoms with Crippen molar-refractivity contribution in [1.29, 1.82) is 0 Å². The second-order valence-electron chi connectivity index (χ2n) is 4.84. The Labute approximate surface area is 132 Å². The molecule has 2 rings (SSSR count). The van der Waals surface area contributed by atoms with Gasteiger partial charge in [-0.3, -0.25) is 14.9 Å². The van der Waals surface area contributed by atoms with Gasteiger partial charge in [0.05, 0.1) is 11.3 Å². The van der Waals surface area contributed by atoms with E-state index in [4.69, 9.17) is 0 Å². The minimum Gasteiger partial charge on any atom is -0.370 e. The van der Waals surface area contributed by atoms with Gasteiger partial charge >= 0.3 is 0 Å². The maximum atomic E-state index is 11.7.